The molecule has 178 valence electrons. The van der Waals surface area contributed by atoms with Gasteiger partial charge in [-0.1, -0.05) is 78.4 Å². The van der Waals surface area contributed by atoms with Gasteiger partial charge in [0.05, 0.1) is 22.9 Å². The van der Waals surface area contributed by atoms with Crippen molar-refractivity contribution in [2.24, 2.45) is 0 Å². The molecule has 4 aromatic rings. The van der Waals surface area contributed by atoms with Crippen molar-refractivity contribution < 1.29 is 13.2 Å². The Labute approximate surface area is 205 Å². The molecule has 1 aromatic heterocycles. The van der Waals surface area contributed by atoms with E-state index in [0.717, 1.165) is 27.9 Å². The SMILES string of the molecule is Cc1ccc(-n2nc3c(c2NC(=O)CC(c2ccccc2)c2ccccc2)CS(=O)(=O)C3)c(C)c1. The number of rotatable bonds is 6. The molecule has 0 fully saturated rings. The monoisotopic (exact) mass is 485 g/mol. The predicted octanol–water partition coefficient (Wildman–Crippen LogP) is 5.08. The van der Waals surface area contributed by atoms with Crippen molar-refractivity contribution >= 4 is 21.6 Å². The van der Waals surface area contributed by atoms with Crippen molar-refractivity contribution in [2.45, 2.75) is 37.7 Å². The minimum absolute atomic E-state index is 0.111. The van der Waals surface area contributed by atoms with Crippen LogP contribution in [0.3, 0.4) is 0 Å². The van der Waals surface area contributed by atoms with Crippen molar-refractivity contribution in [3.05, 3.63) is 112 Å². The van der Waals surface area contributed by atoms with Crippen LogP contribution in [0.2, 0.25) is 0 Å². The maximum atomic E-state index is 13.4. The fraction of sp³-hybridized carbons (Fsp3) is 0.214. The van der Waals surface area contributed by atoms with E-state index < -0.39 is 9.84 Å². The quantitative estimate of drug-likeness (QED) is 0.413. The van der Waals surface area contributed by atoms with Crippen LogP contribution >= 0.6 is 0 Å². The first-order valence-electron chi connectivity index (χ1n) is 11.6. The molecule has 6 nitrogen and oxygen atoms in total. The highest BCUT2D eigenvalue weighted by molar-refractivity contribution is 7.90. The Morgan fingerprint density at radius 2 is 1.57 bits per heavy atom. The van der Waals surface area contributed by atoms with Crippen LogP contribution in [0.5, 0.6) is 0 Å². The first-order valence-corrected chi connectivity index (χ1v) is 13.4. The van der Waals surface area contributed by atoms with E-state index in [2.05, 4.69) is 10.4 Å². The topological polar surface area (TPSA) is 81.1 Å². The van der Waals surface area contributed by atoms with Crippen molar-refractivity contribution in [3.8, 4) is 5.69 Å². The number of benzene rings is 3. The Kier molecular flexibility index (Phi) is 6.03. The Hall–Kier alpha value is -3.71. The number of sulfone groups is 1. The maximum absolute atomic E-state index is 13.4. The molecule has 0 saturated heterocycles. The Balaban J connectivity index is 1.51. The van der Waals surface area contributed by atoms with Gasteiger partial charge in [-0.05, 0) is 36.6 Å². The van der Waals surface area contributed by atoms with Gasteiger partial charge in [0.15, 0.2) is 9.84 Å². The van der Waals surface area contributed by atoms with Crippen LogP contribution in [0, 0.1) is 13.8 Å². The first kappa shape index (κ1) is 23.1. The molecule has 1 N–H and O–H groups in total. The van der Waals surface area contributed by atoms with E-state index in [-0.39, 0.29) is 29.8 Å². The molecule has 0 unspecified atom stereocenters. The predicted molar refractivity (Wildman–Crippen MR) is 137 cm³/mol. The third kappa shape index (κ3) is 4.77. The number of hydrogen-bond donors (Lipinski definition) is 1. The van der Waals surface area contributed by atoms with E-state index in [4.69, 9.17) is 0 Å². The lowest BCUT2D eigenvalue weighted by atomic mass is 9.88. The summed E-state index contributed by atoms with van der Waals surface area (Å²) in [5.74, 6) is -0.117. The highest BCUT2D eigenvalue weighted by atomic mass is 32.2. The van der Waals surface area contributed by atoms with E-state index in [9.17, 15) is 13.2 Å². The van der Waals surface area contributed by atoms with Gasteiger partial charge in [-0.3, -0.25) is 4.79 Å². The number of hydrogen-bond acceptors (Lipinski definition) is 4. The number of aromatic nitrogens is 2. The summed E-state index contributed by atoms with van der Waals surface area (Å²) in [7, 11) is -3.27. The molecule has 35 heavy (non-hydrogen) atoms. The average molecular weight is 486 g/mol. The summed E-state index contributed by atoms with van der Waals surface area (Å²) in [6.07, 6.45) is 0.216. The van der Waals surface area contributed by atoms with E-state index in [1.165, 1.54) is 0 Å². The third-order valence-electron chi connectivity index (χ3n) is 6.42. The summed E-state index contributed by atoms with van der Waals surface area (Å²) >= 11 is 0. The molecule has 0 atom stereocenters. The Morgan fingerprint density at radius 3 is 2.17 bits per heavy atom. The summed E-state index contributed by atoms with van der Waals surface area (Å²) in [5.41, 5.74) is 6.11. The fourth-order valence-corrected chi connectivity index (χ4v) is 6.25. The number of carbonyl (C=O) groups is 1. The maximum Gasteiger partial charge on any atom is 0.226 e. The lowest BCUT2D eigenvalue weighted by molar-refractivity contribution is -0.116. The van der Waals surface area contributed by atoms with Gasteiger partial charge in [-0.25, -0.2) is 13.1 Å². The number of aryl methyl sites for hydroxylation is 2. The molecule has 2 heterocycles. The summed E-state index contributed by atoms with van der Waals surface area (Å²) in [6.45, 7) is 4.00. The number of carbonyl (C=O) groups excluding carboxylic acids is 1. The smallest absolute Gasteiger partial charge is 0.226 e. The molecule has 7 heteroatoms. The normalized spacial score (nSPS) is 14.1. The highest BCUT2D eigenvalue weighted by Crippen LogP contribution is 2.35. The minimum Gasteiger partial charge on any atom is -0.310 e. The van der Waals surface area contributed by atoms with Crippen LogP contribution in [0.25, 0.3) is 5.69 Å². The van der Waals surface area contributed by atoms with E-state index in [0.29, 0.717) is 17.1 Å². The summed E-state index contributed by atoms with van der Waals surface area (Å²) in [4.78, 5) is 13.4. The van der Waals surface area contributed by atoms with Crippen LogP contribution < -0.4 is 5.32 Å². The molecule has 0 aliphatic carbocycles. The van der Waals surface area contributed by atoms with Gasteiger partial charge in [0, 0.05) is 17.9 Å². The molecule has 0 saturated carbocycles. The van der Waals surface area contributed by atoms with Crippen LogP contribution in [0.15, 0.2) is 78.9 Å². The second kappa shape index (κ2) is 9.15. The van der Waals surface area contributed by atoms with Crippen LogP contribution in [0.4, 0.5) is 5.82 Å². The largest absolute Gasteiger partial charge is 0.310 e. The molecule has 1 aliphatic rings. The standard InChI is InChI=1S/C28H27N3O3S/c1-19-13-14-26(20(2)15-19)31-28(24-17-35(33,34)18-25(24)30-31)29-27(32)16-23(21-9-5-3-6-10-21)22-11-7-4-8-12-22/h3-15,23H,16-18H2,1-2H3,(H,29,32). The van der Waals surface area contributed by atoms with Crippen LogP contribution in [0.1, 0.15) is 45.8 Å². The molecule has 0 bridgehead atoms. The van der Waals surface area contributed by atoms with Crippen molar-refractivity contribution in [3.63, 3.8) is 0 Å². The number of fused-ring (bicyclic) bond motifs is 1. The molecular weight excluding hydrogens is 458 g/mol. The van der Waals surface area contributed by atoms with Crippen LogP contribution in [-0.2, 0) is 26.1 Å². The number of nitrogens with zero attached hydrogens (tertiary/aromatic N) is 2. The fourth-order valence-electron chi connectivity index (χ4n) is 4.76. The molecule has 1 aliphatic heterocycles. The van der Waals surface area contributed by atoms with Crippen LogP contribution in [-0.4, -0.2) is 24.1 Å². The van der Waals surface area contributed by atoms with Gasteiger partial charge < -0.3 is 5.32 Å². The lowest BCUT2D eigenvalue weighted by Crippen LogP contribution is -2.20. The van der Waals surface area contributed by atoms with E-state index in [1.54, 1.807) is 4.68 Å². The van der Waals surface area contributed by atoms with E-state index in [1.807, 2.05) is 92.7 Å². The van der Waals surface area contributed by atoms with Crippen molar-refractivity contribution in [1.82, 2.24) is 9.78 Å². The second-order valence-electron chi connectivity index (χ2n) is 9.13. The molecule has 0 spiro atoms. The Bertz CT molecular complexity index is 1450. The van der Waals surface area contributed by atoms with Gasteiger partial charge in [0.2, 0.25) is 5.91 Å². The molecule has 3 aromatic carbocycles. The zero-order chi connectivity index (χ0) is 24.6. The molecule has 5 rings (SSSR count). The van der Waals surface area contributed by atoms with Gasteiger partial charge in [-0.15, -0.1) is 0 Å². The van der Waals surface area contributed by atoms with E-state index >= 15 is 0 Å². The molecular formula is C28H27N3O3S. The van der Waals surface area contributed by atoms with Gasteiger partial charge in [0.1, 0.15) is 5.82 Å². The zero-order valence-corrected chi connectivity index (χ0v) is 20.5. The first-order chi connectivity index (χ1) is 16.8. The summed E-state index contributed by atoms with van der Waals surface area (Å²) in [5, 5.41) is 7.65. The summed E-state index contributed by atoms with van der Waals surface area (Å²) < 4.78 is 26.4. The van der Waals surface area contributed by atoms with Crippen molar-refractivity contribution in [1.29, 1.82) is 0 Å². The third-order valence-corrected chi connectivity index (χ3v) is 7.86. The number of anilines is 1. The lowest BCUT2D eigenvalue weighted by Gasteiger charge is -2.19. The second-order valence-corrected chi connectivity index (χ2v) is 11.2. The van der Waals surface area contributed by atoms with Crippen molar-refractivity contribution in [2.75, 3.05) is 5.32 Å². The molecule has 1 amide bonds. The van der Waals surface area contributed by atoms with Gasteiger partial charge in [-0.2, -0.15) is 5.10 Å². The summed E-state index contributed by atoms with van der Waals surface area (Å²) in [6, 6.07) is 25.9. The zero-order valence-electron chi connectivity index (χ0n) is 19.7. The Morgan fingerprint density at radius 1 is 0.943 bits per heavy atom. The number of amides is 1. The highest BCUT2D eigenvalue weighted by Gasteiger charge is 2.33. The molecule has 0 radical (unpaired) electrons. The van der Waals surface area contributed by atoms with Gasteiger partial charge >= 0.3 is 0 Å². The minimum atomic E-state index is -3.27. The van der Waals surface area contributed by atoms with Gasteiger partial charge in [0.25, 0.3) is 0 Å². The number of nitrogens with one attached hydrogen (secondary N) is 1. The average Bonchev–Trinajstić information content (AvgIpc) is 3.30.